The van der Waals surface area contributed by atoms with E-state index < -0.39 is 11.8 Å². The second kappa shape index (κ2) is 11.1. The molecule has 10 heteroatoms. The van der Waals surface area contributed by atoms with Crippen LogP contribution in [0.4, 0.5) is 0 Å². The molecule has 0 atom stereocenters. The SMILES string of the molecule is COc1cccc(C(=O)/C(Cc2cc(OC)c(OC)c(OC)c2)=C(\C(=O)[O-])c2ccc3nsnc3c2)c1. The number of carbonyl (C=O) groups is 2. The predicted molar refractivity (Wildman–Crippen MR) is 136 cm³/mol. The lowest BCUT2D eigenvalue weighted by Gasteiger charge is -2.19. The molecule has 0 saturated heterocycles. The summed E-state index contributed by atoms with van der Waals surface area (Å²) in [6.07, 6.45) is -0.0660. The minimum absolute atomic E-state index is 0.00469. The van der Waals surface area contributed by atoms with Gasteiger partial charge in [0.05, 0.1) is 46.1 Å². The fourth-order valence-corrected chi connectivity index (χ4v) is 4.53. The van der Waals surface area contributed by atoms with Gasteiger partial charge in [0.15, 0.2) is 17.3 Å². The molecule has 0 radical (unpaired) electrons. The van der Waals surface area contributed by atoms with Crippen LogP contribution in [-0.4, -0.2) is 48.9 Å². The first-order chi connectivity index (χ1) is 17.9. The van der Waals surface area contributed by atoms with E-state index in [1.807, 2.05) is 0 Å². The molecule has 0 fully saturated rings. The van der Waals surface area contributed by atoms with Gasteiger partial charge in [0.2, 0.25) is 5.75 Å². The molecule has 4 aromatic rings. The van der Waals surface area contributed by atoms with Gasteiger partial charge in [-0.1, -0.05) is 18.2 Å². The zero-order valence-electron chi connectivity index (χ0n) is 20.6. The summed E-state index contributed by atoms with van der Waals surface area (Å²) < 4.78 is 29.9. The summed E-state index contributed by atoms with van der Waals surface area (Å²) in [6, 6.07) is 14.7. The molecule has 0 spiro atoms. The zero-order chi connectivity index (χ0) is 26.5. The smallest absolute Gasteiger partial charge is 0.203 e. The first-order valence-corrected chi connectivity index (χ1v) is 11.8. The highest BCUT2D eigenvalue weighted by atomic mass is 32.1. The molecular formula is C27H23N2O7S-. The van der Waals surface area contributed by atoms with E-state index in [9.17, 15) is 14.7 Å². The molecule has 0 aliphatic rings. The Bertz CT molecular complexity index is 1480. The number of aromatic nitrogens is 2. The molecule has 1 aromatic heterocycles. The minimum Gasteiger partial charge on any atom is -0.545 e. The Morgan fingerprint density at radius 2 is 1.51 bits per heavy atom. The summed E-state index contributed by atoms with van der Waals surface area (Å²) in [5.41, 5.74) is 1.99. The molecule has 9 nitrogen and oxygen atoms in total. The highest BCUT2D eigenvalue weighted by Crippen LogP contribution is 2.39. The summed E-state index contributed by atoms with van der Waals surface area (Å²) >= 11 is 1.01. The van der Waals surface area contributed by atoms with Crippen LogP contribution in [0, 0.1) is 0 Å². The standard InChI is InChI=1S/C27H24N2O7S/c1-33-18-7-5-6-17(13-18)25(30)19(10-15-11-22(34-2)26(36-4)23(12-15)35-3)24(27(31)32)16-8-9-20-21(14-16)29-37-28-20/h5-9,11-14H,10H2,1-4H3,(H,31,32)/p-1/b24-19-. The van der Waals surface area contributed by atoms with Crippen LogP contribution < -0.4 is 24.1 Å². The molecule has 0 saturated carbocycles. The average Bonchev–Trinajstić information content (AvgIpc) is 3.39. The van der Waals surface area contributed by atoms with E-state index >= 15 is 0 Å². The molecule has 0 aliphatic heterocycles. The Kier molecular flexibility index (Phi) is 7.69. The van der Waals surface area contributed by atoms with E-state index in [0.717, 1.165) is 11.7 Å². The molecule has 190 valence electrons. The van der Waals surface area contributed by atoms with Gasteiger partial charge < -0.3 is 28.8 Å². The maximum atomic E-state index is 13.9. The number of rotatable bonds is 10. The van der Waals surface area contributed by atoms with Crippen LogP contribution >= 0.6 is 11.7 Å². The molecule has 4 rings (SSSR count). The van der Waals surface area contributed by atoms with Gasteiger partial charge >= 0.3 is 0 Å². The van der Waals surface area contributed by atoms with Gasteiger partial charge in [0.25, 0.3) is 0 Å². The molecular weight excluding hydrogens is 496 g/mol. The Morgan fingerprint density at radius 1 is 0.811 bits per heavy atom. The topological polar surface area (TPSA) is 120 Å². The fourth-order valence-electron chi connectivity index (χ4n) is 4.02. The number of allylic oxidation sites excluding steroid dienone is 1. The number of Topliss-reactive ketones (excluding diaryl/α,β-unsaturated/α-hetero) is 1. The molecule has 0 unspecified atom stereocenters. The maximum Gasteiger partial charge on any atom is 0.203 e. The van der Waals surface area contributed by atoms with Gasteiger partial charge in [-0.05, 0) is 47.5 Å². The quantitative estimate of drug-likeness (QED) is 0.229. The number of carboxylic acid groups (broad SMARTS) is 1. The lowest BCUT2D eigenvalue weighted by molar-refractivity contribution is -0.295. The van der Waals surface area contributed by atoms with E-state index in [1.165, 1.54) is 28.4 Å². The number of carboxylic acids is 1. The normalized spacial score (nSPS) is 11.6. The lowest BCUT2D eigenvalue weighted by Crippen LogP contribution is -2.27. The molecule has 37 heavy (non-hydrogen) atoms. The monoisotopic (exact) mass is 519 g/mol. The first-order valence-electron chi connectivity index (χ1n) is 11.0. The van der Waals surface area contributed by atoms with E-state index in [-0.39, 0.29) is 28.7 Å². The molecule has 0 aliphatic carbocycles. The minimum atomic E-state index is -1.50. The van der Waals surface area contributed by atoms with Crippen LogP contribution in [0.15, 0.2) is 60.2 Å². The Hall–Kier alpha value is -4.44. The third-order valence-electron chi connectivity index (χ3n) is 5.76. The number of ketones is 1. The molecule has 0 amide bonds. The zero-order valence-corrected chi connectivity index (χ0v) is 21.4. The number of hydrogen-bond acceptors (Lipinski definition) is 10. The highest BCUT2D eigenvalue weighted by Gasteiger charge is 2.23. The van der Waals surface area contributed by atoms with Crippen molar-refractivity contribution in [3.63, 3.8) is 0 Å². The van der Waals surface area contributed by atoms with Crippen LogP contribution in [0.25, 0.3) is 16.6 Å². The van der Waals surface area contributed by atoms with E-state index in [2.05, 4.69) is 8.75 Å². The summed E-state index contributed by atoms with van der Waals surface area (Å²) in [7, 11) is 5.92. The summed E-state index contributed by atoms with van der Waals surface area (Å²) in [4.78, 5) is 26.4. The van der Waals surface area contributed by atoms with Gasteiger partial charge in [-0.25, -0.2) is 0 Å². The third kappa shape index (κ3) is 5.24. The number of nitrogens with zero attached hydrogens (tertiary/aromatic N) is 2. The number of hydrogen-bond donors (Lipinski definition) is 0. The van der Waals surface area contributed by atoms with E-state index in [0.29, 0.717) is 39.6 Å². The van der Waals surface area contributed by atoms with E-state index in [1.54, 1.807) is 54.6 Å². The Labute approximate surface area is 217 Å². The van der Waals surface area contributed by atoms with Crippen LogP contribution in [0.3, 0.4) is 0 Å². The summed E-state index contributed by atoms with van der Waals surface area (Å²) in [5, 5.41) is 12.6. The van der Waals surface area contributed by atoms with Crippen molar-refractivity contribution in [2.75, 3.05) is 28.4 Å². The second-order valence-electron chi connectivity index (χ2n) is 7.88. The Morgan fingerprint density at radius 3 is 2.14 bits per heavy atom. The summed E-state index contributed by atoms with van der Waals surface area (Å²) in [5.74, 6) is -0.419. The fraction of sp³-hybridized carbons (Fsp3) is 0.185. The number of fused-ring (bicyclic) bond motifs is 1. The number of benzene rings is 3. The van der Waals surface area contributed by atoms with Gasteiger partial charge in [-0.15, -0.1) is 0 Å². The third-order valence-corrected chi connectivity index (χ3v) is 6.32. The molecule has 0 bridgehead atoms. The number of carbonyl (C=O) groups excluding carboxylic acids is 2. The molecule has 3 aromatic carbocycles. The van der Waals surface area contributed by atoms with Crippen molar-refractivity contribution in [3.05, 3.63) is 76.9 Å². The maximum absolute atomic E-state index is 13.9. The molecule has 0 N–H and O–H groups in total. The van der Waals surface area contributed by atoms with Crippen LogP contribution in [-0.2, 0) is 11.2 Å². The van der Waals surface area contributed by atoms with E-state index in [4.69, 9.17) is 18.9 Å². The molecule has 1 heterocycles. The van der Waals surface area contributed by atoms with Crippen LogP contribution in [0.2, 0.25) is 0 Å². The predicted octanol–water partition coefficient (Wildman–Crippen LogP) is 3.35. The van der Waals surface area contributed by atoms with Crippen molar-refractivity contribution in [1.29, 1.82) is 0 Å². The lowest BCUT2D eigenvalue weighted by atomic mass is 9.89. The van der Waals surface area contributed by atoms with Gasteiger partial charge in [-0.2, -0.15) is 8.75 Å². The Balaban J connectivity index is 1.95. The van der Waals surface area contributed by atoms with Crippen molar-refractivity contribution < 1.29 is 33.6 Å². The number of aliphatic carboxylic acids is 1. The highest BCUT2D eigenvalue weighted by molar-refractivity contribution is 7.00. The van der Waals surface area contributed by atoms with Crippen LogP contribution in [0.5, 0.6) is 23.0 Å². The van der Waals surface area contributed by atoms with Gasteiger partial charge in [-0.3, -0.25) is 4.79 Å². The second-order valence-corrected chi connectivity index (χ2v) is 8.41. The van der Waals surface area contributed by atoms with Crippen LogP contribution in [0.1, 0.15) is 21.5 Å². The van der Waals surface area contributed by atoms with Crippen molar-refractivity contribution >= 4 is 40.1 Å². The van der Waals surface area contributed by atoms with Gasteiger partial charge in [0, 0.05) is 23.1 Å². The number of ether oxygens (including phenoxy) is 4. The van der Waals surface area contributed by atoms with Gasteiger partial charge in [0.1, 0.15) is 16.8 Å². The first kappa shape index (κ1) is 25.6. The number of methoxy groups -OCH3 is 4. The van der Waals surface area contributed by atoms with Crippen molar-refractivity contribution in [3.8, 4) is 23.0 Å². The van der Waals surface area contributed by atoms with Crippen molar-refractivity contribution in [2.45, 2.75) is 6.42 Å². The average molecular weight is 520 g/mol. The van der Waals surface area contributed by atoms with Crippen molar-refractivity contribution in [2.24, 2.45) is 0 Å². The largest absolute Gasteiger partial charge is 0.545 e. The summed E-state index contributed by atoms with van der Waals surface area (Å²) in [6.45, 7) is 0. The van der Waals surface area contributed by atoms with Crippen molar-refractivity contribution in [1.82, 2.24) is 8.75 Å².